The van der Waals surface area contributed by atoms with Gasteiger partial charge in [0.1, 0.15) is 11.6 Å². The second-order valence-electron chi connectivity index (χ2n) is 4.63. The molecule has 6 heteroatoms. The molecule has 2 aromatic rings. The summed E-state index contributed by atoms with van der Waals surface area (Å²) in [6, 6.07) is 11.8. The minimum absolute atomic E-state index is 0.00152. The second-order valence-corrected chi connectivity index (χ2v) is 4.63. The summed E-state index contributed by atoms with van der Waals surface area (Å²) in [6.07, 6.45) is 0. The third kappa shape index (κ3) is 3.78. The van der Waals surface area contributed by atoms with Crippen molar-refractivity contribution in [2.45, 2.75) is 13.2 Å². The van der Waals surface area contributed by atoms with Gasteiger partial charge < -0.3 is 9.64 Å². The molecule has 2 aromatic carbocycles. The Kier molecular flexibility index (Phi) is 5.04. The van der Waals surface area contributed by atoms with Gasteiger partial charge in [-0.05, 0) is 18.2 Å². The number of amides is 1. The van der Waals surface area contributed by atoms with Gasteiger partial charge in [-0.15, -0.1) is 0 Å². The number of halogens is 3. The first kappa shape index (κ1) is 15.9. The Bertz CT molecular complexity index is 661. The van der Waals surface area contributed by atoms with Crippen LogP contribution >= 0.6 is 0 Å². The molecule has 0 unspecified atom stereocenters. The van der Waals surface area contributed by atoms with Gasteiger partial charge in [0.05, 0.1) is 5.56 Å². The number of para-hydroxylation sites is 1. The molecule has 0 radical (unpaired) electrons. The Morgan fingerprint density at radius 1 is 1.14 bits per heavy atom. The molecule has 0 aliphatic carbocycles. The largest absolute Gasteiger partial charge is 0.434 e. The molecular formula is C16H14F3NO2. The molecule has 0 fully saturated rings. The summed E-state index contributed by atoms with van der Waals surface area (Å²) < 4.78 is 42.7. The lowest BCUT2D eigenvalue weighted by molar-refractivity contribution is -0.0502. The zero-order valence-corrected chi connectivity index (χ0v) is 11.8. The lowest BCUT2D eigenvalue weighted by atomic mass is 10.1. The highest BCUT2D eigenvalue weighted by Crippen LogP contribution is 2.22. The molecule has 0 saturated heterocycles. The minimum atomic E-state index is -3.02. The van der Waals surface area contributed by atoms with Gasteiger partial charge in [0.25, 0.3) is 5.91 Å². The van der Waals surface area contributed by atoms with E-state index in [-0.39, 0.29) is 17.9 Å². The summed E-state index contributed by atoms with van der Waals surface area (Å²) in [5.74, 6) is -1.17. The van der Waals surface area contributed by atoms with Crippen LogP contribution in [0.5, 0.6) is 5.75 Å². The highest BCUT2D eigenvalue weighted by Gasteiger charge is 2.19. The number of benzene rings is 2. The molecule has 3 nitrogen and oxygen atoms in total. The monoisotopic (exact) mass is 309 g/mol. The van der Waals surface area contributed by atoms with Gasteiger partial charge in [0, 0.05) is 19.2 Å². The maximum Gasteiger partial charge on any atom is 0.387 e. The molecule has 0 spiro atoms. The molecule has 0 aliphatic heterocycles. The Hall–Kier alpha value is -2.50. The normalized spacial score (nSPS) is 10.6. The molecule has 0 aromatic heterocycles. The molecule has 0 heterocycles. The van der Waals surface area contributed by atoms with Crippen molar-refractivity contribution in [1.29, 1.82) is 0 Å². The fraction of sp³-hybridized carbons (Fsp3) is 0.188. The van der Waals surface area contributed by atoms with Gasteiger partial charge in [0.15, 0.2) is 0 Å². The SMILES string of the molecule is CN(Cc1ccccc1F)C(=O)c1ccccc1OC(F)F. The average molecular weight is 309 g/mol. The van der Waals surface area contributed by atoms with E-state index in [2.05, 4.69) is 4.74 Å². The van der Waals surface area contributed by atoms with Crippen molar-refractivity contribution in [2.24, 2.45) is 0 Å². The van der Waals surface area contributed by atoms with Crippen molar-refractivity contribution in [3.05, 3.63) is 65.5 Å². The van der Waals surface area contributed by atoms with Crippen LogP contribution in [0.4, 0.5) is 13.2 Å². The fourth-order valence-corrected chi connectivity index (χ4v) is 2.00. The van der Waals surface area contributed by atoms with Gasteiger partial charge in [-0.2, -0.15) is 8.78 Å². The summed E-state index contributed by atoms with van der Waals surface area (Å²) in [5.41, 5.74) is 0.340. The Labute approximate surface area is 125 Å². The summed E-state index contributed by atoms with van der Waals surface area (Å²) in [6.45, 7) is -3.00. The third-order valence-corrected chi connectivity index (χ3v) is 3.05. The number of carbonyl (C=O) groups excluding carboxylic acids is 1. The van der Waals surface area contributed by atoms with Crippen molar-refractivity contribution in [2.75, 3.05) is 7.05 Å². The quantitative estimate of drug-likeness (QED) is 0.843. The summed E-state index contributed by atoms with van der Waals surface area (Å²) >= 11 is 0. The van der Waals surface area contributed by atoms with Crippen molar-refractivity contribution in [1.82, 2.24) is 4.90 Å². The number of ether oxygens (including phenoxy) is 1. The van der Waals surface area contributed by atoms with E-state index in [4.69, 9.17) is 0 Å². The third-order valence-electron chi connectivity index (χ3n) is 3.05. The molecule has 1 amide bonds. The van der Waals surface area contributed by atoms with Crippen LogP contribution in [0.2, 0.25) is 0 Å². The smallest absolute Gasteiger partial charge is 0.387 e. The molecule has 22 heavy (non-hydrogen) atoms. The van der Waals surface area contributed by atoms with E-state index in [1.165, 1.54) is 36.2 Å². The van der Waals surface area contributed by atoms with E-state index in [1.54, 1.807) is 24.3 Å². The summed E-state index contributed by atoms with van der Waals surface area (Å²) in [5, 5.41) is 0. The van der Waals surface area contributed by atoms with Gasteiger partial charge in [-0.1, -0.05) is 30.3 Å². The first-order valence-corrected chi connectivity index (χ1v) is 6.51. The number of rotatable bonds is 5. The number of hydrogen-bond acceptors (Lipinski definition) is 2. The molecule has 0 bridgehead atoms. The van der Waals surface area contributed by atoms with Crippen molar-refractivity contribution in [3.8, 4) is 5.75 Å². The predicted octanol–water partition coefficient (Wildman–Crippen LogP) is 3.70. The molecule has 116 valence electrons. The molecule has 0 aliphatic rings. The topological polar surface area (TPSA) is 29.5 Å². The maximum absolute atomic E-state index is 13.6. The standard InChI is InChI=1S/C16H14F3NO2/c1-20(10-11-6-2-4-8-13(11)17)15(21)12-7-3-5-9-14(12)22-16(18)19/h2-9,16H,10H2,1H3. The van der Waals surface area contributed by atoms with E-state index in [0.717, 1.165) is 0 Å². The number of alkyl halides is 2. The molecule has 0 saturated carbocycles. The number of hydrogen-bond donors (Lipinski definition) is 0. The van der Waals surface area contributed by atoms with Gasteiger partial charge in [-0.25, -0.2) is 4.39 Å². The maximum atomic E-state index is 13.6. The van der Waals surface area contributed by atoms with Crippen molar-refractivity contribution >= 4 is 5.91 Å². The van der Waals surface area contributed by atoms with E-state index >= 15 is 0 Å². The lowest BCUT2D eigenvalue weighted by Gasteiger charge is -2.19. The zero-order chi connectivity index (χ0) is 16.1. The van der Waals surface area contributed by atoms with Gasteiger partial charge >= 0.3 is 6.61 Å². The van der Waals surface area contributed by atoms with Crippen LogP contribution in [0.1, 0.15) is 15.9 Å². The van der Waals surface area contributed by atoms with Crippen molar-refractivity contribution < 1.29 is 22.7 Å². The highest BCUT2D eigenvalue weighted by atomic mass is 19.3. The average Bonchev–Trinajstić information content (AvgIpc) is 2.49. The highest BCUT2D eigenvalue weighted by molar-refractivity contribution is 5.96. The zero-order valence-electron chi connectivity index (χ0n) is 11.8. The first-order chi connectivity index (χ1) is 10.5. The first-order valence-electron chi connectivity index (χ1n) is 6.51. The lowest BCUT2D eigenvalue weighted by Crippen LogP contribution is -2.27. The van der Waals surface area contributed by atoms with Gasteiger partial charge in [0.2, 0.25) is 0 Å². The summed E-state index contributed by atoms with van der Waals surface area (Å²) in [4.78, 5) is 13.6. The van der Waals surface area contributed by atoms with Crippen LogP contribution in [0.3, 0.4) is 0 Å². The van der Waals surface area contributed by atoms with Crippen LogP contribution < -0.4 is 4.74 Å². The predicted molar refractivity (Wildman–Crippen MR) is 75.3 cm³/mol. The van der Waals surface area contributed by atoms with Crippen LogP contribution in [0.25, 0.3) is 0 Å². The van der Waals surface area contributed by atoms with E-state index < -0.39 is 18.3 Å². The number of nitrogens with zero attached hydrogens (tertiary/aromatic N) is 1. The fourth-order valence-electron chi connectivity index (χ4n) is 2.00. The molecule has 0 atom stereocenters. The molecule has 2 rings (SSSR count). The van der Waals surface area contributed by atoms with Crippen LogP contribution in [0, 0.1) is 5.82 Å². The van der Waals surface area contributed by atoms with Gasteiger partial charge in [-0.3, -0.25) is 4.79 Å². The second kappa shape index (κ2) is 6.98. The molecular weight excluding hydrogens is 295 g/mol. The van der Waals surface area contributed by atoms with E-state index in [1.807, 2.05) is 0 Å². The van der Waals surface area contributed by atoms with E-state index in [0.29, 0.717) is 5.56 Å². The Morgan fingerprint density at radius 2 is 1.77 bits per heavy atom. The molecule has 0 N–H and O–H groups in total. The Balaban J connectivity index is 2.19. The van der Waals surface area contributed by atoms with Crippen LogP contribution in [-0.2, 0) is 6.54 Å². The minimum Gasteiger partial charge on any atom is -0.434 e. The van der Waals surface area contributed by atoms with Crippen LogP contribution in [-0.4, -0.2) is 24.5 Å². The van der Waals surface area contributed by atoms with Crippen LogP contribution in [0.15, 0.2) is 48.5 Å². The number of carbonyl (C=O) groups is 1. The van der Waals surface area contributed by atoms with Crippen molar-refractivity contribution in [3.63, 3.8) is 0 Å². The van der Waals surface area contributed by atoms with E-state index in [9.17, 15) is 18.0 Å². The Morgan fingerprint density at radius 3 is 2.45 bits per heavy atom. The summed E-state index contributed by atoms with van der Waals surface area (Å²) in [7, 11) is 1.47.